The highest BCUT2D eigenvalue weighted by molar-refractivity contribution is 7.98. The van der Waals surface area contributed by atoms with Crippen molar-refractivity contribution in [3.05, 3.63) is 71.9 Å². The molecule has 214 valence electrons. The van der Waals surface area contributed by atoms with Crippen LogP contribution in [0.2, 0.25) is 0 Å². The highest BCUT2D eigenvalue weighted by Gasteiger charge is 2.30. The summed E-state index contributed by atoms with van der Waals surface area (Å²) >= 11 is 1.43. The number of H-pyrrole nitrogens is 1. The lowest BCUT2D eigenvalue weighted by molar-refractivity contribution is -0.142. The minimum atomic E-state index is -1.43. The molecule has 0 fully saturated rings. The van der Waals surface area contributed by atoms with Crippen LogP contribution in [0.4, 0.5) is 0 Å². The average molecular weight is 570 g/mol. The summed E-state index contributed by atoms with van der Waals surface area (Å²) in [5.41, 5.74) is 8.60. The summed E-state index contributed by atoms with van der Waals surface area (Å²) in [6.45, 7) is -0.770. The van der Waals surface area contributed by atoms with Crippen molar-refractivity contribution < 1.29 is 29.4 Å². The number of nitrogens with two attached hydrogens (primary N) is 1. The molecule has 4 atom stereocenters. The van der Waals surface area contributed by atoms with Gasteiger partial charge in [-0.1, -0.05) is 48.5 Å². The second kappa shape index (κ2) is 15.1. The molecule has 11 nitrogen and oxygen atoms in total. The normalized spacial score (nSPS) is 14.1. The summed E-state index contributed by atoms with van der Waals surface area (Å²) in [5.74, 6) is -2.85. The molecule has 0 spiro atoms. The molecule has 0 saturated carbocycles. The fourth-order valence-corrected chi connectivity index (χ4v) is 4.67. The Hall–Kier alpha value is -3.87. The van der Waals surface area contributed by atoms with Gasteiger partial charge in [-0.05, 0) is 42.0 Å². The van der Waals surface area contributed by atoms with Crippen molar-refractivity contribution >= 4 is 46.4 Å². The molecule has 4 unspecified atom stereocenters. The van der Waals surface area contributed by atoms with Crippen LogP contribution in [0.3, 0.4) is 0 Å². The molecular formula is C28H35N5O6S. The van der Waals surface area contributed by atoms with Crippen LogP contribution in [-0.4, -0.2) is 81.7 Å². The summed E-state index contributed by atoms with van der Waals surface area (Å²) < 4.78 is 0. The van der Waals surface area contributed by atoms with E-state index in [1.807, 2.05) is 60.9 Å². The number of nitrogens with one attached hydrogen (secondary N) is 4. The van der Waals surface area contributed by atoms with Crippen molar-refractivity contribution in [3.8, 4) is 0 Å². The predicted molar refractivity (Wildman–Crippen MR) is 154 cm³/mol. The maximum atomic E-state index is 13.4. The number of fused-ring (bicyclic) bond motifs is 1. The highest BCUT2D eigenvalue weighted by Crippen LogP contribution is 2.19. The lowest BCUT2D eigenvalue weighted by Gasteiger charge is -2.24. The standard InChI is InChI=1S/C28H35N5O6S/c1-40-12-11-22(28(38)39)31-27(37)24(16-34)33-26(36)23(14-18-15-30-21-10-6-5-9-19(18)21)32-25(35)20(29)13-17-7-3-2-4-8-17/h2-10,15,20,22-24,30,34H,11-14,16,29H2,1H3,(H,31,37)(H,32,35)(H,33,36)(H,38,39). The minimum Gasteiger partial charge on any atom is -0.480 e. The molecule has 2 aromatic carbocycles. The third-order valence-electron chi connectivity index (χ3n) is 6.41. The molecule has 3 amide bonds. The van der Waals surface area contributed by atoms with Gasteiger partial charge in [-0.2, -0.15) is 11.8 Å². The Kier molecular flexibility index (Phi) is 11.5. The molecule has 0 aliphatic heterocycles. The van der Waals surface area contributed by atoms with Crippen molar-refractivity contribution in [1.82, 2.24) is 20.9 Å². The number of hydrogen-bond donors (Lipinski definition) is 7. The number of benzene rings is 2. The van der Waals surface area contributed by atoms with Gasteiger partial charge >= 0.3 is 5.97 Å². The fraction of sp³-hybridized carbons (Fsp3) is 0.357. The Labute approximate surface area is 236 Å². The topological polar surface area (TPSA) is 187 Å². The van der Waals surface area contributed by atoms with Crippen molar-refractivity contribution in [2.75, 3.05) is 18.6 Å². The SMILES string of the molecule is CSCCC(NC(=O)C(CO)NC(=O)C(Cc1c[nH]c2ccccc12)NC(=O)C(N)Cc1ccccc1)C(=O)O. The van der Waals surface area contributed by atoms with Gasteiger partial charge in [-0.25, -0.2) is 4.79 Å². The summed E-state index contributed by atoms with van der Waals surface area (Å²) in [4.78, 5) is 53.9. The predicted octanol–water partition coefficient (Wildman–Crippen LogP) is 0.565. The van der Waals surface area contributed by atoms with E-state index in [2.05, 4.69) is 20.9 Å². The molecule has 3 aromatic rings. The van der Waals surface area contributed by atoms with Crippen LogP contribution < -0.4 is 21.7 Å². The van der Waals surface area contributed by atoms with Crippen LogP contribution in [0.15, 0.2) is 60.8 Å². The molecular weight excluding hydrogens is 534 g/mol. The van der Waals surface area contributed by atoms with Crippen LogP contribution in [0, 0.1) is 0 Å². The quantitative estimate of drug-likeness (QED) is 0.138. The number of aromatic amines is 1. The smallest absolute Gasteiger partial charge is 0.326 e. The lowest BCUT2D eigenvalue weighted by Crippen LogP contribution is -2.58. The minimum absolute atomic E-state index is 0.0743. The zero-order chi connectivity index (χ0) is 29.1. The summed E-state index contributed by atoms with van der Waals surface area (Å²) in [6, 6.07) is 12.0. The first-order chi connectivity index (χ1) is 19.2. The van der Waals surface area contributed by atoms with Crippen LogP contribution in [-0.2, 0) is 32.0 Å². The van der Waals surface area contributed by atoms with Gasteiger partial charge in [0, 0.05) is 23.5 Å². The number of aliphatic hydroxyl groups excluding tert-OH is 1. The zero-order valence-corrected chi connectivity index (χ0v) is 22.9. The van der Waals surface area contributed by atoms with Gasteiger partial charge < -0.3 is 36.9 Å². The number of rotatable bonds is 15. The Bertz CT molecular complexity index is 1300. The van der Waals surface area contributed by atoms with E-state index in [0.717, 1.165) is 22.0 Å². The van der Waals surface area contributed by atoms with E-state index in [1.54, 1.807) is 6.20 Å². The first-order valence-electron chi connectivity index (χ1n) is 12.8. The third kappa shape index (κ3) is 8.57. The largest absolute Gasteiger partial charge is 0.480 e. The molecule has 3 rings (SSSR count). The highest BCUT2D eigenvalue weighted by atomic mass is 32.2. The summed E-state index contributed by atoms with van der Waals surface area (Å²) in [7, 11) is 0. The molecule has 0 bridgehead atoms. The summed E-state index contributed by atoms with van der Waals surface area (Å²) in [6.07, 6.45) is 4.05. The number of carboxylic acids is 1. The molecule has 0 radical (unpaired) electrons. The first-order valence-corrected chi connectivity index (χ1v) is 14.2. The average Bonchev–Trinajstić information content (AvgIpc) is 3.36. The summed E-state index contributed by atoms with van der Waals surface area (Å²) in [5, 5.41) is 27.6. The van der Waals surface area contributed by atoms with Crippen molar-refractivity contribution in [1.29, 1.82) is 0 Å². The van der Waals surface area contributed by atoms with E-state index in [1.165, 1.54) is 11.8 Å². The van der Waals surface area contributed by atoms with Gasteiger partial charge in [0.05, 0.1) is 12.6 Å². The van der Waals surface area contributed by atoms with Crippen LogP contribution >= 0.6 is 11.8 Å². The number of thioether (sulfide) groups is 1. The van der Waals surface area contributed by atoms with E-state index in [0.29, 0.717) is 5.75 Å². The van der Waals surface area contributed by atoms with Crippen LogP contribution in [0.1, 0.15) is 17.5 Å². The Morgan fingerprint density at radius 2 is 1.50 bits per heavy atom. The first kappa shape index (κ1) is 30.7. The fourth-order valence-electron chi connectivity index (χ4n) is 4.20. The number of amides is 3. The van der Waals surface area contributed by atoms with E-state index >= 15 is 0 Å². The van der Waals surface area contributed by atoms with Crippen LogP contribution in [0.5, 0.6) is 0 Å². The third-order valence-corrected chi connectivity index (χ3v) is 7.05. The Morgan fingerprint density at radius 1 is 0.875 bits per heavy atom. The molecule has 8 N–H and O–H groups in total. The maximum absolute atomic E-state index is 13.4. The number of carboxylic acid groups (broad SMARTS) is 1. The number of aliphatic carboxylic acids is 1. The number of aliphatic hydroxyl groups is 1. The number of carbonyl (C=O) groups is 4. The second-order valence-electron chi connectivity index (χ2n) is 9.35. The maximum Gasteiger partial charge on any atom is 0.326 e. The lowest BCUT2D eigenvalue weighted by atomic mass is 10.0. The molecule has 1 heterocycles. The van der Waals surface area contributed by atoms with Gasteiger partial charge in [-0.15, -0.1) is 0 Å². The number of para-hydroxylation sites is 1. The number of hydrogen-bond acceptors (Lipinski definition) is 7. The van der Waals surface area contributed by atoms with E-state index in [9.17, 15) is 29.4 Å². The van der Waals surface area contributed by atoms with E-state index < -0.39 is 54.5 Å². The van der Waals surface area contributed by atoms with Gasteiger partial charge in [0.1, 0.15) is 18.1 Å². The Morgan fingerprint density at radius 3 is 2.17 bits per heavy atom. The van der Waals surface area contributed by atoms with Crippen molar-refractivity contribution in [2.45, 2.75) is 43.4 Å². The van der Waals surface area contributed by atoms with Gasteiger partial charge in [0.2, 0.25) is 17.7 Å². The Balaban J connectivity index is 1.77. The number of aromatic nitrogens is 1. The van der Waals surface area contributed by atoms with Gasteiger partial charge in [-0.3, -0.25) is 14.4 Å². The molecule has 0 aliphatic rings. The van der Waals surface area contributed by atoms with E-state index in [4.69, 9.17) is 5.73 Å². The van der Waals surface area contributed by atoms with Gasteiger partial charge in [0.15, 0.2) is 0 Å². The monoisotopic (exact) mass is 569 g/mol. The zero-order valence-electron chi connectivity index (χ0n) is 22.1. The molecule has 1 aromatic heterocycles. The van der Waals surface area contributed by atoms with Crippen molar-refractivity contribution in [2.24, 2.45) is 5.73 Å². The number of carbonyl (C=O) groups excluding carboxylic acids is 3. The molecule has 40 heavy (non-hydrogen) atoms. The van der Waals surface area contributed by atoms with Crippen LogP contribution in [0.25, 0.3) is 10.9 Å². The van der Waals surface area contributed by atoms with Crippen molar-refractivity contribution in [3.63, 3.8) is 0 Å². The molecule has 12 heteroatoms. The second-order valence-corrected chi connectivity index (χ2v) is 10.3. The molecule has 0 saturated heterocycles. The van der Waals surface area contributed by atoms with Gasteiger partial charge in [0.25, 0.3) is 0 Å². The molecule has 0 aliphatic carbocycles. The van der Waals surface area contributed by atoms with E-state index in [-0.39, 0.29) is 19.3 Å².